The summed E-state index contributed by atoms with van der Waals surface area (Å²) in [7, 11) is 0. The van der Waals surface area contributed by atoms with Crippen LogP contribution < -0.4 is 0 Å². The molecule has 0 radical (unpaired) electrons. The van der Waals surface area contributed by atoms with Gasteiger partial charge in [-0.15, -0.1) is 0 Å². The summed E-state index contributed by atoms with van der Waals surface area (Å²) in [4.78, 5) is 0. The molecule has 0 rings (SSSR count). The summed E-state index contributed by atoms with van der Waals surface area (Å²) in [5, 5.41) is 26.3. The Balaban J connectivity index is 3.28. The molecule has 0 saturated carbocycles. The van der Waals surface area contributed by atoms with Gasteiger partial charge in [-0.05, 0) is 13.3 Å². The number of rotatable bonds is 6. The Morgan fingerprint density at radius 2 is 1.91 bits per heavy atom. The Morgan fingerprint density at radius 1 is 1.27 bits per heavy atom. The Bertz CT molecular complexity index is 86.5. The molecule has 4 nitrogen and oxygen atoms in total. The lowest BCUT2D eigenvalue weighted by Crippen LogP contribution is -2.30. The molecule has 0 aromatic heterocycles. The highest BCUT2D eigenvalue weighted by Gasteiger charge is 2.13. The van der Waals surface area contributed by atoms with Crippen LogP contribution in [0.5, 0.6) is 0 Å². The molecule has 4 heteroatoms. The second kappa shape index (κ2) is 6.54. The maximum absolute atomic E-state index is 9.05. The normalized spacial score (nSPS) is 16.4. The van der Waals surface area contributed by atoms with E-state index < -0.39 is 18.8 Å². The average molecular weight is 164 g/mol. The van der Waals surface area contributed by atoms with E-state index in [0.717, 1.165) is 0 Å². The van der Waals surface area contributed by atoms with Crippen molar-refractivity contribution in [1.82, 2.24) is 0 Å². The molecule has 0 bridgehead atoms. The third-order valence-electron chi connectivity index (χ3n) is 1.39. The Hall–Kier alpha value is -0.160. The summed E-state index contributed by atoms with van der Waals surface area (Å²) < 4.78 is 4.95. The largest absolute Gasteiger partial charge is 0.394 e. The lowest BCUT2D eigenvalue weighted by molar-refractivity contribution is -0.0293. The molecule has 0 spiro atoms. The fourth-order valence-electron chi connectivity index (χ4n) is 0.662. The van der Waals surface area contributed by atoms with Gasteiger partial charge < -0.3 is 20.1 Å². The second-order valence-electron chi connectivity index (χ2n) is 2.30. The molecule has 0 aromatic carbocycles. The van der Waals surface area contributed by atoms with Crippen LogP contribution in [0.3, 0.4) is 0 Å². The fourth-order valence-corrected chi connectivity index (χ4v) is 0.662. The molecule has 11 heavy (non-hydrogen) atoms. The van der Waals surface area contributed by atoms with Crippen LogP contribution in [0.1, 0.15) is 13.3 Å². The van der Waals surface area contributed by atoms with E-state index >= 15 is 0 Å². The summed E-state index contributed by atoms with van der Waals surface area (Å²) in [5.41, 5.74) is 0. The van der Waals surface area contributed by atoms with E-state index in [1.807, 2.05) is 6.92 Å². The molecule has 0 heterocycles. The van der Waals surface area contributed by atoms with Crippen molar-refractivity contribution in [1.29, 1.82) is 0 Å². The molecule has 0 aliphatic heterocycles. The highest BCUT2D eigenvalue weighted by Crippen LogP contribution is 1.98. The molecular weight excluding hydrogens is 148 g/mol. The smallest absolute Gasteiger partial charge is 0.103 e. The predicted molar refractivity (Wildman–Crippen MR) is 40.2 cm³/mol. The van der Waals surface area contributed by atoms with E-state index in [1.165, 1.54) is 0 Å². The number of hydrogen-bond donors (Lipinski definition) is 3. The van der Waals surface area contributed by atoms with Crippen LogP contribution in [0, 0.1) is 0 Å². The molecule has 0 aromatic rings. The van der Waals surface area contributed by atoms with Gasteiger partial charge in [-0.1, -0.05) is 0 Å². The Morgan fingerprint density at radius 3 is 2.36 bits per heavy atom. The van der Waals surface area contributed by atoms with Crippen molar-refractivity contribution >= 4 is 0 Å². The summed E-state index contributed by atoms with van der Waals surface area (Å²) in [5.74, 6) is 0. The van der Waals surface area contributed by atoms with Crippen molar-refractivity contribution in [3.63, 3.8) is 0 Å². The lowest BCUT2D eigenvalue weighted by Gasteiger charge is -2.14. The second-order valence-corrected chi connectivity index (χ2v) is 2.30. The highest BCUT2D eigenvalue weighted by molar-refractivity contribution is 4.64. The minimum atomic E-state index is -1.05. The van der Waals surface area contributed by atoms with Gasteiger partial charge in [-0.3, -0.25) is 0 Å². The zero-order valence-corrected chi connectivity index (χ0v) is 6.73. The molecule has 2 unspecified atom stereocenters. The van der Waals surface area contributed by atoms with Crippen molar-refractivity contribution in [2.24, 2.45) is 0 Å². The third kappa shape index (κ3) is 5.15. The van der Waals surface area contributed by atoms with Gasteiger partial charge in [0.1, 0.15) is 6.10 Å². The topological polar surface area (TPSA) is 69.9 Å². The van der Waals surface area contributed by atoms with Crippen LogP contribution in [0.4, 0.5) is 0 Å². The van der Waals surface area contributed by atoms with Gasteiger partial charge in [0.2, 0.25) is 0 Å². The van der Waals surface area contributed by atoms with Crippen molar-refractivity contribution in [3.8, 4) is 0 Å². The summed E-state index contributed by atoms with van der Waals surface area (Å²) in [6.07, 6.45) is -1.57. The molecule has 0 saturated heterocycles. The van der Waals surface area contributed by atoms with Crippen LogP contribution in [0.25, 0.3) is 0 Å². The summed E-state index contributed by atoms with van der Waals surface area (Å²) in [6.45, 7) is 2.46. The van der Waals surface area contributed by atoms with Crippen molar-refractivity contribution in [3.05, 3.63) is 0 Å². The monoisotopic (exact) mass is 164 g/mol. The molecule has 0 fully saturated rings. The van der Waals surface area contributed by atoms with E-state index in [1.54, 1.807) is 0 Å². The zero-order valence-electron chi connectivity index (χ0n) is 6.73. The molecule has 0 aliphatic rings. The minimum absolute atomic E-state index is 0.357. The first-order valence-corrected chi connectivity index (χ1v) is 3.77. The number of hydrogen-bond acceptors (Lipinski definition) is 4. The van der Waals surface area contributed by atoms with Gasteiger partial charge in [0, 0.05) is 13.2 Å². The van der Waals surface area contributed by atoms with E-state index in [9.17, 15) is 0 Å². The molecule has 0 aliphatic carbocycles. The number of aliphatic hydroxyl groups excluding tert-OH is 3. The molecule has 3 N–H and O–H groups in total. The standard InChI is InChI=1S/C7H16O4/c1-2-11-4-3-6(9)7(10)5-8/h6-10H,2-5H2,1H3. The van der Waals surface area contributed by atoms with Crippen LogP contribution in [-0.2, 0) is 4.74 Å². The molecule has 2 atom stereocenters. The Kier molecular flexibility index (Phi) is 6.45. The molecule has 0 amide bonds. The molecule has 68 valence electrons. The van der Waals surface area contributed by atoms with E-state index in [4.69, 9.17) is 20.1 Å². The first-order valence-electron chi connectivity index (χ1n) is 3.77. The summed E-state index contributed by atoms with van der Waals surface area (Å²) in [6, 6.07) is 0. The number of ether oxygens (including phenoxy) is 1. The van der Waals surface area contributed by atoms with Gasteiger partial charge in [-0.2, -0.15) is 0 Å². The third-order valence-corrected chi connectivity index (χ3v) is 1.39. The van der Waals surface area contributed by atoms with Gasteiger partial charge in [0.05, 0.1) is 12.7 Å². The SMILES string of the molecule is CCOCCC(O)C(O)CO. The fraction of sp³-hybridized carbons (Fsp3) is 1.00. The van der Waals surface area contributed by atoms with E-state index in [2.05, 4.69) is 0 Å². The minimum Gasteiger partial charge on any atom is -0.394 e. The first kappa shape index (κ1) is 10.8. The maximum atomic E-state index is 9.05. The van der Waals surface area contributed by atoms with Crippen LogP contribution >= 0.6 is 0 Å². The highest BCUT2D eigenvalue weighted by atomic mass is 16.5. The van der Waals surface area contributed by atoms with Crippen molar-refractivity contribution in [2.45, 2.75) is 25.6 Å². The maximum Gasteiger partial charge on any atom is 0.103 e. The van der Waals surface area contributed by atoms with Gasteiger partial charge in [0.25, 0.3) is 0 Å². The Labute approximate surface area is 66.4 Å². The van der Waals surface area contributed by atoms with Gasteiger partial charge in [-0.25, -0.2) is 0 Å². The van der Waals surface area contributed by atoms with Crippen LogP contribution in [0.15, 0.2) is 0 Å². The van der Waals surface area contributed by atoms with Crippen molar-refractivity contribution in [2.75, 3.05) is 19.8 Å². The van der Waals surface area contributed by atoms with Crippen molar-refractivity contribution < 1.29 is 20.1 Å². The average Bonchev–Trinajstić information content (AvgIpc) is 2.03. The molecular formula is C7H16O4. The summed E-state index contributed by atoms with van der Waals surface area (Å²) >= 11 is 0. The first-order chi connectivity index (χ1) is 5.22. The predicted octanol–water partition coefficient (Wildman–Crippen LogP) is -0.873. The van der Waals surface area contributed by atoms with Gasteiger partial charge in [0.15, 0.2) is 0 Å². The van der Waals surface area contributed by atoms with Crippen LogP contribution in [0.2, 0.25) is 0 Å². The van der Waals surface area contributed by atoms with Gasteiger partial charge >= 0.3 is 0 Å². The van der Waals surface area contributed by atoms with Crippen LogP contribution in [-0.4, -0.2) is 47.3 Å². The number of aliphatic hydroxyl groups is 3. The van der Waals surface area contributed by atoms with E-state index in [-0.39, 0.29) is 0 Å². The zero-order chi connectivity index (χ0) is 8.69. The van der Waals surface area contributed by atoms with E-state index in [0.29, 0.717) is 19.6 Å². The quantitative estimate of drug-likeness (QED) is 0.446. The lowest BCUT2D eigenvalue weighted by atomic mass is 10.1.